The minimum Gasteiger partial charge on any atom is -0.325 e. The van der Waals surface area contributed by atoms with E-state index in [1.807, 2.05) is 49.4 Å². The van der Waals surface area contributed by atoms with Crippen molar-refractivity contribution in [2.24, 2.45) is 0 Å². The van der Waals surface area contributed by atoms with Crippen molar-refractivity contribution < 1.29 is 9.59 Å². The molecule has 0 unspecified atom stereocenters. The summed E-state index contributed by atoms with van der Waals surface area (Å²) in [6.07, 6.45) is 0.954. The van der Waals surface area contributed by atoms with Crippen LogP contribution in [0.4, 0.5) is 11.4 Å². The van der Waals surface area contributed by atoms with Gasteiger partial charge < -0.3 is 10.2 Å². The number of hydrogen-bond donors (Lipinski definition) is 1. The third-order valence-corrected chi connectivity index (χ3v) is 4.67. The Bertz CT molecular complexity index is 742. The minimum absolute atomic E-state index is 0.0219. The summed E-state index contributed by atoms with van der Waals surface area (Å²) in [5.74, 6) is -0.400. The number of nitrogens with one attached hydrogen (secondary N) is 1. The van der Waals surface area contributed by atoms with E-state index in [2.05, 4.69) is 28.2 Å². The first-order valence-corrected chi connectivity index (χ1v) is 8.63. The van der Waals surface area contributed by atoms with Gasteiger partial charge in [0.1, 0.15) is 6.54 Å². The molecule has 0 spiro atoms. The van der Waals surface area contributed by atoms with E-state index in [1.165, 1.54) is 17.4 Å². The highest BCUT2D eigenvalue weighted by Crippen LogP contribution is 2.23. The molecule has 2 rings (SSSR count). The van der Waals surface area contributed by atoms with Gasteiger partial charge in [0.25, 0.3) is 0 Å². The number of amides is 2. The fourth-order valence-corrected chi connectivity index (χ4v) is 2.60. The largest absolute Gasteiger partial charge is 0.325 e. The Hall–Kier alpha value is -2.14. The first-order valence-electron chi connectivity index (χ1n) is 7.83. The molecular weight excluding hydrogens is 368 g/mol. The summed E-state index contributed by atoms with van der Waals surface area (Å²) < 4.78 is 0.968. The first-order chi connectivity index (χ1) is 11.4. The molecule has 0 aliphatic rings. The normalized spacial score (nSPS) is 10.3. The van der Waals surface area contributed by atoms with Crippen molar-refractivity contribution in [2.45, 2.75) is 27.2 Å². The molecule has 2 aromatic rings. The molecule has 0 aromatic heterocycles. The van der Waals surface area contributed by atoms with Crippen molar-refractivity contribution in [3.8, 4) is 0 Å². The van der Waals surface area contributed by atoms with Gasteiger partial charge >= 0.3 is 0 Å². The standard InChI is InChI=1S/C19H21BrN2O2/c1-4-15-5-7-16(8-6-15)21-19(24)12-22(14(3)23)17-9-10-18(20)13(2)11-17/h5-11H,4,12H2,1-3H3,(H,21,24). The second kappa shape index (κ2) is 8.11. The van der Waals surface area contributed by atoms with Crippen molar-refractivity contribution in [1.82, 2.24) is 0 Å². The van der Waals surface area contributed by atoms with E-state index in [4.69, 9.17) is 0 Å². The fraction of sp³-hybridized carbons (Fsp3) is 0.263. The van der Waals surface area contributed by atoms with Crippen molar-refractivity contribution in [3.63, 3.8) is 0 Å². The van der Waals surface area contributed by atoms with Crippen molar-refractivity contribution in [3.05, 3.63) is 58.1 Å². The van der Waals surface area contributed by atoms with Gasteiger partial charge in [0.15, 0.2) is 0 Å². The summed E-state index contributed by atoms with van der Waals surface area (Å²) in [5.41, 5.74) is 3.66. The zero-order valence-corrected chi connectivity index (χ0v) is 15.7. The molecule has 126 valence electrons. The van der Waals surface area contributed by atoms with Crippen LogP contribution < -0.4 is 10.2 Å². The van der Waals surface area contributed by atoms with E-state index in [-0.39, 0.29) is 18.4 Å². The van der Waals surface area contributed by atoms with Crippen LogP contribution in [-0.2, 0) is 16.0 Å². The molecule has 2 amide bonds. The van der Waals surface area contributed by atoms with Gasteiger partial charge in [-0.3, -0.25) is 9.59 Å². The Morgan fingerprint density at radius 1 is 1.12 bits per heavy atom. The van der Waals surface area contributed by atoms with E-state index in [1.54, 1.807) is 0 Å². The monoisotopic (exact) mass is 388 g/mol. The Morgan fingerprint density at radius 2 is 1.79 bits per heavy atom. The van der Waals surface area contributed by atoms with E-state index in [0.717, 1.165) is 22.1 Å². The Morgan fingerprint density at radius 3 is 2.33 bits per heavy atom. The molecule has 5 heteroatoms. The molecule has 0 aliphatic heterocycles. The maximum atomic E-state index is 12.3. The van der Waals surface area contributed by atoms with Crippen molar-refractivity contribution in [2.75, 3.05) is 16.8 Å². The average molecular weight is 389 g/mol. The molecule has 0 saturated carbocycles. The summed E-state index contributed by atoms with van der Waals surface area (Å²) >= 11 is 3.44. The third kappa shape index (κ3) is 4.68. The smallest absolute Gasteiger partial charge is 0.244 e. The lowest BCUT2D eigenvalue weighted by atomic mass is 10.1. The maximum Gasteiger partial charge on any atom is 0.244 e. The summed E-state index contributed by atoms with van der Waals surface area (Å²) in [7, 11) is 0. The van der Waals surface area contributed by atoms with E-state index in [0.29, 0.717) is 5.69 Å². The van der Waals surface area contributed by atoms with Gasteiger partial charge in [0, 0.05) is 22.8 Å². The van der Waals surface area contributed by atoms with Gasteiger partial charge in [-0.25, -0.2) is 0 Å². The van der Waals surface area contributed by atoms with Crippen LogP contribution in [-0.4, -0.2) is 18.4 Å². The molecule has 0 aliphatic carbocycles. The lowest BCUT2D eigenvalue weighted by Gasteiger charge is -2.21. The lowest BCUT2D eigenvalue weighted by molar-refractivity contribution is -0.120. The van der Waals surface area contributed by atoms with Crippen molar-refractivity contribution >= 4 is 39.1 Å². The molecule has 0 bridgehead atoms. The number of anilines is 2. The van der Waals surface area contributed by atoms with E-state index in [9.17, 15) is 9.59 Å². The van der Waals surface area contributed by atoms with Crippen LogP contribution in [0.15, 0.2) is 46.9 Å². The summed E-state index contributed by atoms with van der Waals surface area (Å²) in [4.78, 5) is 25.7. The summed E-state index contributed by atoms with van der Waals surface area (Å²) in [5, 5.41) is 2.83. The van der Waals surface area contributed by atoms with Gasteiger partial charge in [-0.1, -0.05) is 35.0 Å². The van der Waals surface area contributed by atoms with Gasteiger partial charge in [0.05, 0.1) is 0 Å². The lowest BCUT2D eigenvalue weighted by Crippen LogP contribution is -2.36. The number of rotatable bonds is 5. The van der Waals surface area contributed by atoms with E-state index >= 15 is 0 Å². The second-order valence-electron chi connectivity index (χ2n) is 5.64. The maximum absolute atomic E-state index is 12.3. The number of halogens is 1. The molecule has 1 N–H and O–H groups in total. The number of aryl methyl sites for hydroxylation is 2. The molecule has 0 saturated heterocycles. The SMILES string of the molecule is CCc1ccc(NC(=O)CN(C(C)=O)c2ccc(Br)c(C)c2)cc1. The fourth-order valence-electron chi connectivity index (χ4n) is 2.35. The van der Waals surface area contributed by atoms with Gasteiger partial charge in [-0.05, 0) is 54.8 Å². The number of carbonyl (C=O) groups excluding carboxylic acids is 2. The number of nitrogens with zero attached hydrogens (tertiary/aromatic N) is 1. The van der Waals surface area contributed by atoms with Gasteiger partial charge in [0.2, 0.25) is 11.8 Å². The van der Waals surface area contributed by atoms with Crippen LogP contribution in [0, 0.1) is 6.92 Å². The van der Waals surface area contributed by atoms with Gasteiger partial charge in [-0.15, -0.1) is 0 Å². The predicted molar refractivity (Wildman–Crippen MR) is 101 cm³/mol. The minimum atomic E-state index is -0.227. The first kappa shape index (κ1) is 18.2. The zero-order chi connectivity index (χ0) is 17.7. The van der Waals surface area contributed by atoms with Crippen LogP contribution in [0.5, 0.6) is 0 Å². The highest BCUT2D eigenvalue weighted by Gasteiger charge is 2.16. The Kier molecular flexibility index (Phi) is 6.15. The number of benzene rings is 2. The molecule has 0 atom stereocenters. The zero-order valence-electron chi connectivity index (χ0n) is 14.1. The van der Waals surface area contributed by atoms with Crippen LogP contribution in [0.1, 0.15) is 25.0 Å². The van der Waals surface area contributed by atoms with Crippen LogP contribution in [0.25, 0.3) is 0 Å². The molecular formula is C19H21BrN2O2. The average Bonchev–Trinajstić information content (AvgIpc) is 2.56. The quantitative estimate of drug-likeness (QED) is 0.829. The highest BCUT2D eigenvalue weighted by atomic mass is 79.9. The summed E-state index contributed by atoms with van der Waals surface area (Å²) in [6.45, 7) is 5.46. The topological polar surface area (TPSA) is 49.4 Å². The summed E-state index contributed by atoms with van der Waals surface area (Å²) in [6, 6.07) is 13.3. The molecule has 0 radical (unpaired) electrons. The van der Waals surface area contributed by atoms with Gasteiger partial charge in [-0.2, -0.15) is 0 Å². The van der Waals surface area contributed by atoms with Crippen LogP contribution in [0.2, 0.25) is 0 Å². The number of hydrogen-bond acceptors (Lipinski definition) is 2. The molecule has 2 aromatic carbocycles. The molecule has 0 heterocycles. The Balaban J connectivity index is 2.10. The second-order valence-corrected chi connectivity index (χ2v) is 6.49. The molecule has 24 heavy (non-hydrogen) atoms. The van der Waals surface area contributed by atoms with Crippen LogP contribution >= 0.6 is 15.9 Å². The predicted octanol–water partition coefficient (Wildman–Crippen LogP) is 4.31. The van der Waals surface area contributed by atoms with Crippen LogP contribution in [0.3, 0.4) is 0 Å². The number of carbonyl (C=O) groups is 2. The highest BCUT2D eigenvalue weighted by molar-refractivity contribution is 9.10. The van der Waals surface area contributed by atoms with E-state index < -0.39 is 0 Å². The molecule has 4 nitrogen and oxygen atoms in total. The van der Waals surface area contributed by atoms with Crippen molar-refractivity contribution in [1.29, 1.82) is 0 Å². The molecule has 0 fully saturated rings. The Labute approximate surface area is 151 Å². The third-order valence-electron chi connectivity index (χ3n) is 3.78.